The molecule has 0 saturated heterocycles. The summed E-state index contributed by atoms with van der Waals surface area (Å²) in [4.78, 5) is 7.28. The Hall–Kier alpha value is -1.39. The summed E-state index contributed by atoms with van der Waals surface area (Å²) in [6.45, 7) is 1.26. The quantitative estimate of drug-likeness (QED) is 0.796. The molecule has 0 bridgehead atoms. The van der Waals surface area contributed by atoms with Crippen molar-refractivity contribution in [1.29, 1.82) is 5.26 Å². The predicted molar refractivity (Wildman–Crippen MR) is 54.7 cm³/mol. The van der Waals surface area contributed by atoms with E-state index >= 15 is 0 Å². The molecule has 1 atom stereocenters. The summed E-state index contributed by atoms with van der Waals surface area (Å²) < 4.78 is 24.8. The molecule has 80 valence electrons. The maximum absolute atomic E-state index is 11.4. The summed E-state index contributed by atoms with van der Waals surface area (Å²) in [7, 11) is -3.77. The number of anilines is 1. The fourth-order valence-electron chi connectivity index (χ4n) is 0.671. The van der Waals surface area contributed by atoms with E-state index in [4.69, 9.17) is 16.9 Å². The predicted octanol–water partition coefficient (Wildman–Crippen LogP) is 0.784. The standard InChI is InChI=1S/C7H7ClN4O2S/c1-5(4-9)15(13,14)12-7-10-3-2-6(8)11-7/h2-3,5H,1H3,(H,10,11,12). The molecule has 0 fully saturated rings. The van der Waals surface area contributed by atoms with Crippen molar-refractivity contribution in [1.82, 2.24) is 9.97 Å². The minimum Gasteiger partial charge on any atom is -0.250 e. The topological polar surface area (TPSA) is 95.7 Å². The maximum Gasteiger partial charge on any atom is 0.251 e. The molecule has 0 aliphatic heterocycles. The third-order valence-corrected chi connectivity index (χ3v) is 3.22. The Balaban J connectivity index is 2.93. The van der Waals surface area contributed by atoms with Crippen molar-refractivity contribution in [2.45, 2.75) is 12.2 Å². The van der Waals surface area contributed by atoms with Gasteiger partial charge in [0.15, 0.2) is 5.25 Å². The van der Waals surface area contributed by atoms with Crippen molar-refractivity contribution in [3.63, 3.8) is 0 Å². The number of hydrogen-bond donors (Lipinski definition) is 1. The first-order valence-corrected chi connectivity index (χ1v) is 5.78. The van der Waals surface area contributed by atoms with E-state index in [-0.39, 0.29) is 11.1 Å². The largest absolute Gasteiger partial charge is 0.251 e. The molecule has 0 radical (unpaired) electrons. The Morgan fingerprint density at radius 2 is 2.33 bits per heavy atom. The third-order valence-electron chi connectivity index (χ3n) is 1.50. The van der Waals surface area contributed by atoms with Crippen LogP contribution in [0.5, 0.6) is 0 Å². The van der Waals surface area contributed by atoms with Gasteiger partial charge in [-0.15, -0.1) is 0 Å². The van der Waals surface area contributed by atoms with Crippen LogP contribution < -0.4 is 4.72 Å². The summed E-state index contributed by atoms with van der Waals surface area (Å²) in [5.41, 5.74) is 0. The lowest BCUT2D eigenvalue weighted by atomic mass is 10.5. The van der Waals surface area contributed by atoms with Crippen molar-refractivity contribution in [2.75, 3.05) is 4.72 Å². The molecular weight excluding hydrogens is 240 g/mol. The second-order valence-corrected chi connectivity index (χ2v) is 5.01. The highest BCUT2D eigenvalue weighted by Crippen LogP contribution is 2.09. The van der Waals surface area contributed by atoms with Gasteiger partial charge in [-0.3, -0.25) is 4.72 Å². The van der Waals surface area contributed by atoms with E-state index in [9.17, 15) is 8.42 Å². The Morgan fingerprint density at radius 3 is 2.87 bits per heavy atom. The minimum absolute atomic E-state index is 0.118. The van der Waals surface area contributed by atoms with Crippen LogP contribution in [0, 0.1) is 11.3 Å². The van der Waals surface area contributed by atoms with Gasteiger partial charge in [0.1, 0.15) is 5.15 Å². The van der Waals surface area contributed by atoms with Crippen LogP contribution in [0.1, 0.15) is 6.92 Å². The van der Waals surface area contributed by atoms with E-state index in [1.54, 1.807) is 6.07 Å². The van der Waals surface area contributed by atoms with Gasteiger partial charge in [0, 0.05) is 6.20 Å². The monoisotopic (exact) mass is 246 g/mol. The first-order valence-electron chi connectivity index (χ1n) is 3.85. The van der Waals surface area contributed by atoms with Gasteiger partial charge in [-0.25, -0.2) is 18.4 Å². The highest BCUT2D eigenvalue weighted by Gasteiger charge is 2.20. The van der Waals surface area contributed by atoms with Gasteiger partial charge < -0.3 is 0 Å². The molecule has 1 unspecified atom stereocenters. The minimum atomic E-state index is -3.77. The summed E-state index contributed by atoms with van der Waals surface area (Å²) in [6, 6.07) is 3.01. The summed E-state index contributed by atoms with van der Waals surface area (Å²) in [6.07, 6.45) is 1.31. The lowest BCUT2D eigenvalue weighted by Crippen LogP contribution is -2.24. The zero-order valence-electron chi connectivity index (χ0n) is 7.68. The van der Waals surface area contributed by atoms with Gasteiger partial charge in [0.25, 0.3) is 10.0 Å². The zero-order valence-corrected chi connectivity index (χ0v) is 9.25. The fourth-order valence-corrected chi connectivity index (χ4v) is 1.48. The van der Waals surface area contributed by atoms with Crippen LogP contribution in [-0.4, -0.2) is 23.6 Å². The number of sulfonamides is 1. The van der Waals surface area contributed by atoms with Crippen molar-refractivity contribution in [3.05, 3.63) is 17.4 Å². The highest BCUT2D eigenvalue weighted by atomic mass is 35.5. The molecule has 8 heteroatoms. The van der Waals surface area contributed by atoms with E-state index in [0.717, 1.165) is 0 Å². The van der Waals surface area contributed by atoms with E-state index < -0.39 is 15.3 Å². The van der Waals surface area contributed by atoms with Gasteiger partial charge >= 0.3 is 0 Å². The van der Waals surface area contributed by atoms with Crippen molar-refractivity contribution >= 4 is 27.6 Å². The molecule has 6 nitrogen and oxygen atoms in total. The Kier molecular flexibility index (Phi) is 3.44. The molecule has 0 aliphatic carbocycles. The molecule has 1 N–H and O–H groups in total. The van der Waals surface area contributed by atoms with Gasteiger partial charge in [0.05, 0.1) is 6.07 Å². The van der Waals surface area contributed by atoms with Crippen LogP contribution in [0.25, 0.3) is 0 Å². The third kappa shape index (κ3) is 3.04. The number of nitriles is 1. The summed E-state index contributed by atoms with van der Waals surface area (Å²) >= 11 is 5.54. The molecule has 0 amide bonds. The number of aromatic nitrogens is 2. The molecule has 15 heavy (non-hydrogen) atoms. The molecule has 1 aromatic rings. The Bertz CT molecular complexity index is 496. The lowest BCUT2D eigenvalue weighted by molar-refractivity contribution is 0.596. The number of nitrogens with zero attached hydrogens (tertiary/aromatic N) is 3. The van der Waals surface area contributed by atoms with Crippen LogP contribution in [-0.2, 0) is 10.0 Å². The number of nitrogens with one attached hydrogen (secondary N) is 1. The molecule has 0 aliphatic rings. The summed E-state index contributed by atoms with van der Waals surface area (Å²) in [5.74, 6) is -0.149. The van der Waals surface area contributed by atoms with Crippen LogP contribution in [0.4, 0.5) is 5.95 Å². The van der Waals surface area contributed by atoms with Gasteiger partial charge in [-0.2, -0.15) is 5.26 Å². The second-order valence-electron chi connectivity index (χ2n) is 2.62. The lowest BCUT2D eigenvalue weighted by Gasteiger charge is -2.06. The van der Waals surface area contributed by atoms with Crippen LogP contribution in [0.2, 0.25) is 5.15 Å². The highest BCUT2D eigenvalue weighted by molar-refractivity contribution is 7.93. The molecule has 0 spiro atoms. The van der Waals surface area contributed by atoms with Crippen molar-refractivity contribution < 1.29 is 8.42 Å². The Labute approximate surface area is 92.0 Å². The molecule has 1 heterocycles. The molecule has 0 aromatic carbocycles. The van der Waals surface area contributed by atoms with Crippen LogP contribution >= 0.6 is 11.6 Å². The SMILES string of the molecule is CC(C#N)S(=O)(=O)Nc1nccc(Cl)n1. The van der Waals surface area contributed by atoms with Crippen LogP contribution in [0.15, 0.2) is 12.3 Å². The zero-order chi connectivity index (χ0) is 11.5. The molecule has 1 aromatic heterocycles. The number of hydrogen-bond acceptors (Lipinski definition) is 5. The normalized spacial score (nSPS) is 12.9. The molecule has 1 rings (SSSR count). The average molecular weight is 247 g/mol. The Morgan fingerprint density at radius 1 is 1.67 bits per heavy atom. The van der Waals surface area contributed by atoms with Crippen LogP contribution in [0.3, 0.4) is 0 Å². The van der Waals surface area contributed by atoms with Crippen molar-refractivity contribution in [2.24, 2.45) is 0 Å². The average Bonchev–Trinajstić information content (AvgIpc) is 2.15. The fraction of sp³-hybridized carbons (Fsp3) is 0.286. The first-order chi connectivity index (χ1) is 6.95. The molecular formula is C7H7ClN4O2S. The van der Waals surface area contributed by atoms with E-state index in [1.807, 2.05) is 0 Å². The van der Waals surface area contributed by atoms with Gasteiger partial charge in [0.2, 0.25) is 5.95 Å². The number of rotatable bonds is 3. The maximum atomic E-state index is 11.4. The first kappa shape index (κ1) is 11.7. The van der Waals surface area contributed by atoms with Gasteiger partial charge in [-0.05, 0) is 13.0 Å². The smallest absolute Gasteiger partial charge is 0.250 e. The number of halogens is 1. The second kappa shape index (κ2) is 4.42. The van der Waals surface area contributed by atoms with E-state index in [0.29, 0.717) is 0 Å². The van der Waals surface area contributed by atoms with E-state index in [1.165, 1.54) is 19.2 Å². The van der Waals surface area contributed by atoms with E-state index in [2.05, 4.69) is 14.7 Å². The van der Waals surface area contributed by atoms with Crippen molar-refractivity contribution in [3.8, 4) is 6.07 Å². The van der Waals surface area contributed by atoms with Gasteiger partial charge in [-0.1, -0.05) is 11.6 Å². The summed E-state index contributed by atoms with van der Waals surface area (Å²) in [5, 5.41) is 7.40. The molecule has 0 saturated carbocycles.